The highest BCUT2D eigenvalue weighted by Crippen LogP contribution is 2.41. The topological polar surface area (TPSA) is 26.3 Å². The van der Waals surface area contributed by atoms with Crippen molar-refractivity contribution in [2.24, 2.45) is 5.41 Å². The molecule has 0 radical (unpaired) electrons. The number of ketones is 1. The zero-order valence-electron chi connectivity index (χ0n) is 9.68. The second kappa shape index (κ2) is 3.09. The van der Waals surface area contributed by atoms with E-state index in [0.717, 1.165) is 28.9 Å². The Kier molecular flexibility index (Phi) is 2.10. The Morgan fingerprint density at radius 2 is 2.00 bits per heavy atom. The maximum Gasteiger partial charge on any atom is 0.172 e. The lowest BCUT2D eigenvalue weighted by atomic mass is 9.89. The van der Waals surface area contributed by atoms with Gasteiger partial charge in [0, 0.05) is 5.41 Å². The van der Waals surface area contributed by atoms with E-state index in [9.17, 15) is 4.79 Å². The molecule has 1 aliphatic rings. The third-order valence-corrected chi connectivity index (χ3v) is 3.12. The smallest absolute Gasteiger partial charge is 0.172 e. The lowest BCUT2D eigenvalue weighted by Gasteiger charge is -2.14. The SMILES string of the molecule is COc1c(C)ccc2c1C(=O)C(C)(C)C2. The molecule has 2 nitrogen and oxygen atoms in total. The van der Waals surface area contributed by atoms with E-state index in [1.807, 2.05) is 32.9 Å². The molecule has 0 heterocycles. The van der Waals surface area contributed by atoms with Crippen LogP contribution in [0.1, 0.15) is 35.3 Å². The number of Topliss-reactive ketones (excluding diaryl/α,β-unsaturated/α-hetero) is 1. The molecule has 0 unspecified atom stereocenters. The minimum atomic E-state index is -0.274. The van der Waals surface area contributed by atoms with Crippen LogP contribution in [0.15, 0.2) is 12.1 Å². The van der Waals surface area contributed by atoms with Gasteiger partial charge in [-0.05, 0) is 24.5 Å². The highest BCUT2D eigenvalue weighted by atomic mass is 16.5. The van der Waals surface area contributed by atoms with Crippen molar-refractivity contribution < 1.29 is 9.53 Å². The van der Waals surface area contributed by atoms with Crippen LogP contribution in [0.3, 0.4) is 0 Å². The van der Waals surface area contributed by atoms with Gasteiger partial charge in [-0.2, -0.15) is 0 Å². The van der Waals surface area contributed by atoms with Crippen molar-refractivity contribution in [2.45, 2.75) is 27.2 Å². The van der Waals surface area contributed by atoms with E-state index < -0.39 is 0 Å². The Balaban J connectivity index is 2.66. The maximum atomic E-state index is 12.2. The highest BCUT2D eigenvalue weighted by molar-refractivity contribution is 6.07. The van der Waals surface area contributed by atoms with E-state index >= 15 is 0 Å². The number of hydrogen-bond acceptors (Lipinski definition) is 2. The molecule has 1 aromatic carbocycles. The first-order valence-electron chi connectivity index (χ1n) is 5.18. The first kappa shape index (κ1) is 10.2. The summed E-state index contributed by atoms with van der Waals surface area (Å²) in [5.41, 5.74) is 2.67. The van der Waals surface area contributed by atoms with Gasteiger partial charge in [0.15, 0.2) is 5.78 Å². The van der Waals surface area contributed by atoms with Crippen LogP contribution in [0.25, 0.3) is 0 Å². The first-order valence-corrected chi connectivity index (χ1v) is 5.18. The molecule has 15 heavy (non-hydrogen) atoms. The van der Waals surface area contributed by atoms with Gasteiger partial charge in [0.2, 0.25) is 0 Å². The first-order chi connectivity index (χ1) is 6.97. The molecule has 0 aliphatic heterocycles. The summed E-state index contributed by atoms with van der Waals surface area (Å²) in [6.45, 7) is 5.95. The average molecular weight is 204 g/mol. The molecule has 0 bridgehead atoms. The predicted molar refractivity (Wildman–Crippen MR) is 59.5 cm³/mol. The molecule has 2 rings (SSSR count). The number of aryl methyl sites for hydroxylation is 1. The monoisotopic (exact) mass is 204 g/mol. The number of fused-ring (bicyclic) bond motifs is 1. The summed E-state index contributed by atoms with van der Waals surface area (Å²) < 4.78 is 5.33. The second-order valence-corrected chi connectivity index (χ2v) is 4.84. The van der Waals surface area contributed by atoms with E-state index in [-0.39, 0.29) is 11.2 Å². The zero-order chi connectivity index (χ0) is 11.2. The van der Waals surface area contributed by atoms with Gasteiger partial charge >= 0.3 is 0 Å². The van der Waals surface area contributed by atoms with E-state index in [1.165, 1.54) is 0 Å². The molecule has 0 N–H and O–H groups in total. The van der Waals surface area contributed by atoms with Gasteiger partial charge in [0.1, 0.15) is 5.75 Å². The van der Waals surface area contributed by atoms with Crippen molar-refractivity contribution in [3.63, 3.8) is 0 Å². The lowest BCUT2D eigenvalue weighted by molar-refractivity contribution is 0.0861. The van der Waals surface area contributed by atoms with Crippen LogP contribution in [-0.4, -0.2) is 12.9 Å². The number of benzene rings is 1. The second-order valence-electron chi connectivity index (χ2n) is 4.84. The van der Waals surface area contributed by atoms with E-state index in [0.29, 0.717) is 0 Å². The largest absolute Gasteiger partial charge is 0.496 e. The van der Waals surface area contributed by atoms with Gasteiger partial charge in [-0.15, -0.1) is 0 Å². The van der Waals surface area contributed by atoms with Crippen molar-refractivity contribution in [1.29, 1.82) is 0 Å². The molecule has 0 atom stereocenters. The van der Waals surface area contributed by atoms with Crippen LogP contribution in [0.5, 0.6) is 5.75 Å². The Bertz CT molecular complexity index is 430. The Morgan fingerprint density at radius 1 is 1.33 bits per heavy atom. The van der Waals surface area contributed by atoms with Gasteiger partial charge < -0.3 is 4.74 Å². The summed E-state index contributed by atoms with van der Waals surface area (Å²) in [7, 11) is 1.63. The fourth-order valence-corrected chi connectivity index (χ4v) is 2.28. The Labute approximate surface area is 90.3 Å². The minimum Gasteiger partial charge on any atom is -0.496 e. The number of carbonyl (C=O) groups is 1. The number of rotatable bonds is 1. The molecule has 0 fully saturated rings. The molecule has 1 aliphatic carbocycles. The number of methoxy groups -OCH3 is 1. The van der Waals surface area contributed by atoms with Gasteiger partial charge in [0.25, 0.3) is 0 Å². The summed E-state index contributed by atoms with van der Waals surface area (Å²) in [5.74, 6) is 0.959. The van der Waals surface area contributed by atoms with Crippen LogP contribution in [0.4, 0.5) is 0 Å². The molecule has 0 aromatic heterocycles. The maximum absolute atomic E-state index is 12.2. The van der Waals surface area contributed by atoms with Crippen molar-refractivity contribution in [1.82, 2.24) is 0 Å². The van der Waals surface area contributed by atoms with Gasteiger partial charge in [-0.3, -0.25) is 4.79 Å². The van der Waals surface area contributed by atoms with Gasteiger partial charge in [-0.1, -0.05) is 26.0 Å². The van der Waals surface area contributed by atoms with Crippen LogP contribution in [0.2, 0.25) is 0 Å². The van der Waals surface area contributed by atoms with Crippen LogP contribution >= 0.6 is 0 Å². The van der Waals surface area contributed by atoms with Gasteiger partial charge in [-0.25, -0.2) is 0 Å². The molecular formula is C13H16O2. The fraction of sp³-hybridized carbons (Fsp3) is 0.462. The van der Waals surface area contributed by atoms with E-state index in [2.05, 4.69) is 0 Å². The third-order valence-electron chi connectivity index (χ3n) is 3.12. The molecule has 0 saturated carbocycles. The molecule has 0 amide bonds. The van der Waals surface area contributed by atoms with E-state index in [1.54, 1.807) is 7.11 Å². The Morgan fingerprint density at radius 3 is 2.60 bits per heavy atom. The lowest BCUT2D eigenvalue weighted by Crippen LogP contribution is -2.19. The summed E-state index contributed by atoms with van der Waals surface area (Å²) in [6.07, 6.45) is 0.817. The van der Waals surface area contributed by atoms with Crippen LogP contribution < -0.4 is 4.74 Å². The number of carbonyl (C=O) groups excluding carboxylic acids is 1. The Hall–Kier alpha value is -1.31. The molecule has 1 aromatic rings. The standard InChI is InChI=1S/C13H16O2/c1-8-5-6-9-7-13(2,3)12(14)10(9)11(8)15-4/h5-6H,7H2,1-4H3. The summed E-state index contributed by atoms with van der Waals surface area (Å²) >= 11 is 0. The predicted octanol–water partition coefficient (Wildman–Crippen LogP) is 2.77. The normalized spacial score (nSPS) is 17.7. The highest BCUT2D eigenvalue weighted by Gasteiger charge is 2.39. The summed E-state index contributed by atoms with van der Waals surface area (Å²) in [6, 6.07) is 4.06. The van der Waals surface area contributed by atoms with Crippen molar-refractivity contribution in [2.75, 3.05) is 7.11 Å². The van der Waals surface area contributed by atoms with Crippen molar-refractivity contribution in [3.8, 4) is 5.75 Å². The molecule has 2 heteroatoms. The quantitative estimate of drug-likeness (QED) is 0.703. The average Bonchev–Trinajstić information content (AvgIpc) is 2.40. The molecule has 0 spiro atoms. The number of ether oxygens (including phenoxy) is 1. The zero-order valence-corrected chi connectivity index (χ0v) is 9.68. The van der Waals surface area contributed by atoms with Crippen LogP contribution in [-0.2, 0) is 6.42 Å². The third kappa shape index (κ3) is 1.36. The fourth-order valence-electron chi connectivity index (χ4n) is 2.28. The minimum absolute atomic E-state index is 0.207. The van der Waals surface area contributed by atoms with Gasteiger partial charge in [0.05, 0.1) is 12.7 Å². The van der Waals surface area contributed by atoms with E-state index in [4.69, 9.17) is 4.74 Å². The molecular weight excluding hydrogens is 188 g/mol. The molecule has 80 valence electrons. The number of hydrogen-bond donors (Lipinski definition) is 0. The summed E-state index contributed by atoms with van der Waals surface area (Å²) in [4.78, 5) is 12.2. The van der Waals surface area contributed by atoms with Crippen LogP contribution in [0, 0.1) is 12.3 Å². The summed E-state index contributed by atoms with van der Waals surface area (Å²) in [5, 5.41) is 0. The molecule has 0 saturated heterocycles. The van der Waals surface area contributed by atoms with Crippen molar-refractivity contribution in [3.05, 3.63) is 28.8 Å². The van der Waals surface area contributed by atoms with Crippen molar-refractivity contribution >= 4 is 5.78 Å².